The molecular weight excluding hydrogens is 548 g/mol. The molecule has 0 radical (unpaired) electrons. The first-order valence-electron chi connectivity index (χ1n) is 15.5. The van der Waals surface area contributed by atoms with E-state index in [4.69, 9.17) is 4.42 Å². The first-order valence-corrected chi connectivity index (χ1v) is 15.5. The van der Waals surface area contributed by atoms with Gasteiger partial charge in [-0.2, -0.15) is 0 Å². The number of furan rings is 1. The largest absolute Gasteiger partial charge is 0.456 e. The molecule has 0 amide bonds. The Balaban J connectivity index is 1.07. The van der Waals surface area contributed by atoms with E-state index in [9.17, 15) is 0 Å². The molecule has 1 unspecified atom stereocenters. The maximum Gasteiger partial charge on any atom is 0.135 e. The van der Waals surface area contributed by atoms with Gasteiger partial charge < -0.3 is 13.9 Å². The highest BCUT2D eigenvalue weighted by molar-refractivity contribution is 6.09. The highest BCUT2D eigenvalue weighted by Crippen LogP contribution is 2.34. The Morgan fingerprint density at radius 3 is 1.78 bits per heavy atom. The average Bonchev–Trinajstić information content (AvgIpc) is 3.65. The molecule has 0 bridgehead atoms. The molecule has 3 heteroatoms. The Morgan fingerprint density at radius 1 is 0.533 bits per heavy atom. The fourth-order valence-corrected chi connectivity index (χ4v) is 7.02. The third kappa shape index (κ3) is 4.28. The normalized spacial score (nSPS) is 14.3. The van der Waals surface area contributed by atoms with Gasteiger partial charge in [-0.15, -0.1) is 0 Å². The van der Waals surface area contributed by atoms with Crippen LogP contribution in [0.5, 0.6) is 0 Å². The lowest BCUT2D eigenvalue weighted by Crippen LogP contribution is -2.36. The van der Waals surface area contributed by atoms with Gasteiger partial charge in [-0.3, -0.25) is 0 Å². The van der Waals surface area contributed by atoms with Crippen molar-refractivity contribution in [3.63, 3.8) is 0 Å². The molecule has 0 saturated heterocycles. The highest BCUT2D eigenvalue weighted by Gasteiger charge is 2.22. The second kappa shape index (κ2) is 10.4. The van der Waals surface area contributed by atoms with E-state index in [1.807, 2.05) is 12.1 Å². The maximum absolute atomic E-state index is 6.29. The molecule has 0 saturated carbocycles. The molecule has 9 rings (SSSR count). The molecule has 0 aliphatic heterocycles. The van der Waals surface area contributed by atoms with Crippen LogP contribution in [-0.2, 0) is 0 Å². The second-order valence-corrected chi connectivity index (χ2v) is 11.7. The molecule has 1 aliphatic carbocycles. The van der Waals surface area contributed by atoms with Crippen LogP contribution in [-0.4, -0.2) is 10.6 Å². The average molecular weight is 579 g/mol. The number of benzene rings is 6. The summed E-state index contributed by atoms with van der Waals surface area (Å²) in [6.45, 7) is 0. The Labute approximate surface area is 261 Å². The standard InChI is InChI=1S/C42H30N2O/c1-2-10-31(11-3-1)43(34-26-27-38-37-14-6-9-17-41(37)45-42(38)28-34)32-22-18-29(19-23-32)30-20-24-33(25-21-30)44-39-15-7-4-12-35(39)36-13-5-8-16-40(36)44/h1-25,27-28,34H,26H2. The van der Waals surface area contributed by atoms with Crippen LogP contribution in [0.4, 0.5) is 11.4 Å². The summed E-state index contributed by atoms with van der Waals surface area (Å²) in [5, 5.41) is 4.94. The zero-order valence-corrected chi connectivity index (χ0v) is 24.7. The number of para-hydroxylation sites is 4. The van der Waals surface area contributed by atoms with Crippen molar-refractivity contribution >= 4 is 56.3 Å². The molecule has 3 nitrogen and oxygen atoms in total. The van der Waals surface area contributed by atoms with E-state index >= 15 is 0 Å². The van der Waals surface area contributed by atoms with Gasteiger partial charge in [0, 0.05) is 38.4 Å². The number of nitrogens with zero attached hydrogens (tertiary/aromatic N) is 2. The molecule has 1 aliphatic rings. The smallest absolute Gasteiger partial charge is 0.135 e. The highest BCUT2D eigenvalue weighted by atomic mass is 16.3. The van der Waals surface area contributed by atoms with Crippen molar-refractivity contribution in [1.82, 2.24) is 4.57 Å². The van der Waals surface area contributed by atoms with Crippen LogP contribution < -0.4 is 15.5 Å². The van der Waals surface area contributed by atoms with Crippen LogP contribution in [0.1, 0.15) is 6.42 Å². The van der Waals surface area contributed by atoms with Crippen LogP contribution in [0.3, 0.4) is 0 Å². The van der Waals surface area contributed by atoms with E-state index in [-0.39, 0.29) is 6.04 Å². The van der Waals surface area contributed by atoms with Crippen molar-refractivity contribution in [2.45, 2.75) is 12.5 Å². The Bertz CT molecular complexity index is 2400. The number of anilines is 2. The second-order valence-electron chi connectivity index (χ2n) is 11.7. The van der Waals surface area contributed by atoms with Gasteiger partial charge in [-0.25, -0.2) is 0 Å². The van der Waals surface area contributed by atoms with E-state index < -0.39 is 0 Å². The van der Waals surface area contributed by atoms with Gasteiger partial charge in [0.15, 0.2) is 0 Å². The summed E-state index contributed by atoms with van der Waals surface area (Å²) in [7, 11) is 0. The van der Waals surface area contributed by atoms with Crippen LogP contribution in [0, 0.1) is 0 Å². The molecule has 2 heterocycles. The van der Waals surface area contributed by atoms with Gasteiger partial charge in [-0.1, -0.05) is 103 Å². The van der Waals surface area contributed by atoms with E-state index in [0.29, 0.717) is 0 Å². The zero-order chi connectivity index (χ0) is 29.7. The Kier molecular flexibility index (Phi) is 5.95. The van der Waals surface area contributed by atoms with Crippen molar-refractivity contribution in [1.29, 1.82) is 0 Å². The Morgan fingerprint density at radius 2 is 1.09 bits per heavy atom. The predicted molar refractivity (Wildman–Crippen MR) is 188 cm³/mol. The van der Waals surface area contributed by atoms with Crippen LogP contribution in [0.25, 0.3) is 61.7 Å². The minimum absolute atomic E-state index is 0.136. The first-order chi connectivity index (χ1) is 22.3. The number of aromatic nitrogens is 1. The van der Waals surface area contributed by atoms with Crippen molar-refractivity contribution in [3.8, 4) is 16.8 Å². The summed E-state index contributed by atoms with van der Waals surface area (Å²) < 4.78 is 8.65. The predicted octanol–water partition coefficient (Wildman–Crippen LogP) is 9.37. The van der Waals surface area contributed by atoms with E-state index in [1.54, 1.807) is 0 Å². The number of rotatable bonds is 5. The Hall–Kier alpha value is -5.80. The molecule has 8 aromatic rings. The van der Waals surface area contributed by atoms with Gasteiger partial charge in [0.25, 0.3) is 0 Å². The summed E-state index contributed by atoms with van der Waals surface area (Å²) in [5.74, 6) is 0. The van der Waals surface area contributed by atoms with Crippen molar-refractivity contribution in [2.24, 2.45) is 0 Å². The van der Waals surface area contributed by atoms with Gasteiger partial charge in [0.2, 0.25) is 0 Å². The topological polar surface area (TPSA) is 21.3 Å². The molecule has 6 aromatic carbocycles. The molecule has 1 atom stereocenters. The molecule has 45 heavy (non-hydrogen) atoms. The molecular formula is C42H30N2O. The molecule has 0 N–H and O–H groups in total. The number of fused-ring (bicyclic) bond motifs is 6. The lowest BCUT2D eigenvalue weighted by molar-refractivity contribution is 0.568. The van der Waals surface area contributed by atoms with Crippen molar-refractivity contribution in [3.05, 3.63) is 162 Å². The third-order valence-corrected chi connectivity index (χ3v) is 9.12. The van der Waals surface area contributed by atoms with Crippen molar-refractivity contribution in [2.75, 3.05) is 4.90 Å². The van der Waals surface area contributed by atoms with Crippen LogP contribution >= 0.6 is 0 Å². The van der Waals surface area contributed by atoms with Gasteiger partial charge in [0.1, 0.15) is 11.0 Å². The fourth-order valence-electron chi connectivity index (χ4n) is 7.02. The monoisotopic (exact) mass is 578 g/mol. The minimum Gasteiger partial charge on any atom is -0.456 e. The summed E-state index contributed by atoms with van der Waals surface area (Å²) in [4.78, 5) is 2.42. The maximum atomic E-state index is 6.29. The summed E-state index contributed by atoms with van der Waals surface area (Å²) in [5.41, 5.74) is 10.2. The molecule has 0 spiro atoms. The molecule has 214 valence electrons. The fraction of sp³-hybridized carbons (Fsp3) is 0.0476. The summed E-state index contributed by atoms with van der Waals surface area (Å²) in [6, 6.07) is 54.3. The number of hydrogen-bond acceptors (Lipinski definition) is 2. The summed E-state index contributed by atoms with van der Waals surface area (Å²) >= 11 is 0. The van der Waals surface area contributed by atoms with Gasteiger partial charge in [0.05, 0.1) is 17.1 Å². The lowest BCUT2D eigenvalue weighted by atomic mass is 10.0. The van der Waals surface area contributed by atoms with Crippen molar-refractivity contribution < 1.29 is 4.42 Å². The quantitative estimate of drug-likeness (QED) is 0.203. The summed E-state index contributed by atoms with van der Waals surface area (Å²) in [6.07, 6.45) is 5.51. The van der Waals surface area contributed by atoms with Crippen LogP contribution in [0.15, 0.2) is 156 Å². The SMILES string of the molecule is C1=c2oc3ccccc3c2=CCC1N(c1ccccc1)c1ccc(-c2ccc(-n3c4ccccc4c4ccccc43)cc2)cc1. The van der Waals surface area contributed by atoms with Gasteiger partial charge >= 0.3 is 0 Å². The lowest BCUT2D eigenvalue weighted by Gasteiger charge is -2.32. The third-order valence-electron chi connectivity index (χ3n) is 9.12. The zero-order valence-electron chi connectivity index (χ0n) is 24.7. The van der Waals surface area contributed by atoms with Gasteiger partial charge in [-0.05, 0) is 78.2 Å². The molecule has 2 aromatic heterocycles. The van der Waals surface area contributed by atoms with E-state index in [1.165, 1.54) is 43.5 Å². The van der Waals surface area contributed by atoms with Crippen LogP contribution in [0.2, 0.25) is 0 Å². The first kappa shape index (κ1) is 25.7. The number of hydrogen-bond donors (Lipinski definition) is 0. The molecule has 0 fully saturated rings. The van der Waals surface area contributed by atoms with E-state index in [2.05, 4.69) is 161 Å². The van der Waals surface area contributed by atoms with E-state index in [0.717, 1.165) is 34.5 Å². The minimum atomic E-state index is 0.136.